The van der Waals surface area contributed by atoms with Crippen molar-refractivity contribution in [1.29, 1.82) is 0 Å². The number of likely N-dealkylation sites (tertiary alicyclic amines) is 2. The highest BCUT2D eigenvalue weighted by Crippen LogP contribution is 2.54. The highest BCUT2D eigenvalue weighted by atomic mass is 35.5. The van der Waals surface area contributed by atoms with Gasteiger partial charge in [-0.1, -0.05) is 22.9 Å². The van der Waals surface area contributed by atoms with Crippen molar-refractivity contribution >= 4 is 45.4 Å². The van der Waals surface area contributed by atoms with Crippen LogP contribution in [0.3, 0.4) is 0 Å². The maximum absolute atomic E-state index is 13.4. The lowest BCUT2D eigenvalue weighted by molar-refractivity contribution is 0.0629. The molecule has 2 amide bonds. The predicted octanol–water partition coefficient (Wildman–Crippen LogP) is 3.19. The second-order valence-electron chi connectivity index (χ2n) is 9.91. The zero-order valence-corrected chi connectivity index (χ0v) is 19.4. The van der Waals surface area contributed by atoms with Crippen molar-refractivity contribution in [3.05, 3.63) is 58.7 Å². The maximum Gasteiger partial charge on any atom is 0.270 e. The molecule has 1 saturated carbocycles. The molecule has 1 aliphatic carbocycles. The number of nitrogens with zero attached hydrogens (tertiary/aromatic N) is 5. The van der Waals surface area contributed by atoms with Gasteiger partial charge >= 0.3 is 0 Å². The summed E-state index contributed by atoms with van der Waals surface area (Å²) in [5.74, 6) is 2.00. The molecule has 2 saturated heterocycles. The van der Waals surface area contributed by atoms with Crippen molar-refractivity contribution in [2.45, 2.75) is 0 Å². The highest BCUT2D eigenvalue weighted by molar-refractivity contribution is 6.31. The molecule has 0 spiro atoms. The quantitative estimate of drug-likeness (QED) is 0.483. The molecule has 4 aromatic rings. The van der Waals surface area contributed by atoms with Crippen molar-refractivity contribution < 1.29 is 9.59 Å². The van der Waals surface area contributed by atoms with E-state index >= 15 is 0 Å². The van der Waals surface area contributed by atoms with Gasteiger partial charge in [0.2, 0.25) is 0 Å². The topological polar surface area (TPSA) is 87.1 Å². The molecule has 8 nitrogen and oxygen atoms in total. The van der Waals surface area contributed by atoms with Crippen LogP contribution in [0.1, 0.15) is 20.8 Å². The third-order valence-corrected chi connectivity index (χ3v) is 8.53. The lowest BCUT2D eigenvalue weighted by Gasteiger charge is -2.42. The molecule has 7 rings (SSSR count). The van der Waals surface area contributed by atoms with Crippen LogP contribution in [0, 0.1) is 23.7 Å². The fourth-order valence-corrected chi connectivity index (χ4v) is 6.70. The summed E-state index contributed by atoms with van der Waals surface area (Å²) >= 11 is 6.16. The molecule has 3 fully saturated rings. The van der Waals surface area contributed by atoms with E-state index < -0.39 is 0 Å². The molecule has 9 heteroatoms. The number of nitrogens with one attached hydrogen (secondary N) is 1. The van der Waals surface area contributed by atoms with Crippen LogP contribution in [0.2, 0.25) is 5.02 Å². The Morgan fingerprint density at radius 3 is 2.29 bits per heavy atom. The minimum absolute atomic E-state index is 0.0551. The summed E-state index contributed by atoms with van der Waals surface area (Å²) in [6.45, 7) is 3.05. The first kappa shape index (κ1) is 20.0. The van der Waals surface area contributed by atoms with Crippen LogP contribution in [0.25, 0.3) is 21.9 Å². The standard InChI is InChI=1S/C25H23ClN6O2/c1-30-22-8-15(26)4-2-13(22)7-23(30)25(34)32-11-18-16-9-31(10-17(16)19(18)12-32)24(33)14-3-5-20-21(6-14)28-29-27-20/h2-8,16-19H,9-12H2,1H3,(H,27,28,29)/t16-,17+,18+,19-. The molecule has 2 aliphatic heterocycles. The first-order valence-electron chi connectivity index (χ1n) is 11.6. The van der Waals surface area contributed by atoms with Crippen molar-refractivity contribution in [2.24, 2.45) is 30.7 Å². The molecule has 3 aliphatic rings. The van der Waals surface area contributed by atoms with Gasteiger partial charge in [-0.15, -0.1) is 5.10 Å². The summed E-state index contributed by atoms with van der Waals surface area (Å²) in [5.41, 5.74) is 3.85. The summed E-state index contributed by atoms with van der Waals surface area (Å²) in [6, 6.07) is 13.2. The summed E-state index contributed by atoms with van der Waals surface area (Å²) in [7, 11) is 1.92. The number of amides is 2. The summed E-state index contributed by atoms with van der Waals surface area (Å²) in [6.07, 6.45) is 0. The molecule has 0 radical (unpaired) electrons. The number of hydrogen-bond acceptors (Lipinski definition) is 4. The summed E-state index contributed by atoms with van der Waals surface area (Å²) in [5, 5.41) is 12.3. The van der Waals surface area contributed by atoms with Gasteiger partial charge in [-0.3, -0.25) is 14.7 Å². The van der Waals surface area contributed by atoms with Crippen LogP contribution in [-0.4, -0.2) is 67.8 Å². The van der Waals surface area contributed by atoms with E-state index in [9.17, 15) is 9.59 Å². The van der Waals surface area contributed by atoms with Gasteiger partial charge < -0.3 is 14.4 Å². The number of carbonyl (C=O) groups is 2. The number of hydrogen-bond donors (Lipinski definition) is 1. The molecule has 0 unspecified atom stereocenters. The molecule has 4 atom stereocenters. The van der Waals surface area contributed by atoms with Gasteiger partial charge in [-0.05, 0) is 60.1 Å². The Labute approximate surface area is 200 Å². The summed E-state index contributed by atoms with van der Waals surface area (Å²) in [4.78, 5) is 30.5. The zero-order chi connectivity index (χ0) is 23.1. The second kappa shape index (κ2) is 7.06. The van der Waals surface area contributed by atoms with Gasteiger partial charge in [0.25, 0.3) is 11.8 Å². The smallest absolute Gasteiger partial charge is 0.270 e. The number of aromatic amines is 1. The van der Waals surface area contributed by atoms with Gasteiger partial charge in [0.15, 0.2) is 0 Å². The average Bonchev–Trinajstić information content (AvgIpc) is 3.60. The van der Waals surface area contributed by atoms with Crippen LogP contribution in [0.5, 0.6) is 0 Å². The van der Waals surface area contributed by atoms with Gasteiger partial charge in [0, 0.05) is 54.7 Å². The van der Waals surface area contributed by atoms with E-state index in [0.29, 0.717) is 45.5 Å². The van der Waals surface area contributed by atoms with Gasteiger partial charge in [-0.2, -0.15) is 0 Å². The molecule has 0 bridgehead atoms. The Balaban J connectivity index is 1.06. The number of halogens is 1. The number of rotatable bonds is 2. The fourth-order valence-electron chi connectivity index (χ4n) is 6.53. The molecule has 4 heterocycles. The second-order valence-corrected chi connectivity index (χ2v) is 10.3. The third kappa shape index (κ3) is 2.78. The number of H-pyrrole nitrogens is 1. The van der Waals surface area contributed by atoms with E-state index in [1.165, 1.54) is 0 Å². The number of aryl methyl sites for hydroxylation is 1. The van der Waals surface area contributed by atoms with E-state index in [1.54, 1.807) is 6.07 Å². The fraction of sp³-hybridized carbons (Fsp3) is 0.360. The Morgan fingerprint density at radius 1 is 0.912 bits per heavy atom. The van der Waals surface area contributed by atoms with Gasteiger partial charge in [0.05, 0.1) is 5.52 Å². The molecule has 2 aromatic heterocycles. The van der Waals surface area contributed by atoms with E-state index in [-0.39, 0.29) is 11.8 Å². The van der Waals surface area contributed by atoms with Crippen molar-refractivity contribution in [1.82, 2.24) is 29.8 Å². The monoisotopic (exact) mass is 474 g/mol. The molecular formula is C25H23ClN6O2. The van der Waals surface area contributed by atoms with E-state index in [0.717, 1.165) is 42.6 Å². The normalized spacial score (nSPS) is 25.6. The van der Waals surface area contributed by atoms with Crippen LogP contribution in [0.15, 0.2) is 42.5 Å². The average molecular weight is 475 g/mol. The Morgan fingerprint density at radius 2 is 1.59 bits per heavy atom. The lowest BCUT2D eigenvalue weighted by atomic mass is 9.60. The summed E-state index contributed by atoms with van der Waals surface area (Å²) < 4.78 is 1.94. The number of aromatic nitrogens is 4. The first-order valence-corrected chi connectivity index (χ1v) is 12.0. The van der Waals surface area contributed by atoms with E-state index in [4.69, 9.17) is 11.6 Å². The predicted molar refractivity (Wildman–Crippen MR) is 128 cm³/mol. The van der Waals surface area contributed by atoms with Crippen molar-refractivity contribution in [2.75, 3.05) is 26.2 Å². The van der Waals surface area contributed by atoms with Crippen LogP contribution < -0.4 is 0 Å². The Kier molecular flexibility index (Phi) is 4.16. The number of benzene rings is 2. The molecule has 1 N–H and O–H groups in total. The number of fused-ring (bicyclic) bond motifs is 6. The maximum atomic E-state index is 13.4. The minimum Gasteiger partial charge on any atom is -0.340 e. The molecule has 34 heavy (non-hydrogen) atoms. The molecule has 172 valence electrons. The van der Waals surface area contributed by atoms with E-state index in [2.05, 4.69) is 15.4 Å². The Hall–Kier alpha value is -3.39. The van der Waals surface area contributed by atoms with Crippen molar-refractivity contribution in [3.8, 4) is 0 Å². The van der Waals surface area contributed by atoms with Crippen LogP contribution in [0.4, 0.5) is 0 Å². The molecule has 2 aromatic carbocycles. The van der Waals surface area contributed by atoms with E-state index in [1.807, 2.05) is 57.8 Å². The SMILES string of the molecule is Cn1c(C(=O)N2C[C@@H]3[C@H]4CN(C(=O)c5ccc6[nH]nnc6c5)C[C@H]4[C@@H]3C2)cc2ccc(Cl)cc21. The number of carbonyl (C=O) groups excluding carboxylic acids is 2. The van der Waals surface area contributed by atoms with Gasteiger partial charge in [-0.25, -0.2) is 0 Å². The largest absolute Gasteiger partial charge is 0.340 e. The first-order chi connectivity index (χ1) is 16.5. The highest BCUT2D eigenvalue weighted by Gasteiger charge is 2.59. The molecular weight excluding hydrogens is 452 g/mol. The van der Waals surface area contributed by atoms with Crippen molar-refractivity contribution in [3.63, 3.8) is 0 Å². The van der Waals surface area contributed by atoms with Crippen LogP contribution >= 0.6 is 11.6 Å². The Bertz CT molecular complexity index is 1470. The third-order valence-electron chi connectivity index (χ3n) is 8.30. The zero-order valence-electron chi connectivity index (χ0n) is 18.6. The van der Waals surface area contributed by atoms with Gasteiger partial charge in [0.1, 0.15) is 11.2 Å². The van der Waals surface area contributed by atoms with Crippen LogP contribution in [-0.2, 0) is 7.05 Å². The minimum atomic E-state index is 0.0551. The lowest BCUT2D eigenvalue weighted by Crippen LogP contribution is -2.44.